The molecule has 0 radical (unpaired) electrons. The van der Waals surface area contributed by atoms with Gasteiger partial charge in [-0.15, -0.1) is 0 Å². The minimum absolute atomic E-state index is 0.0640. The van der Waals surface area contributed by atoms with Crippen molar-refractivity contribution in [2.45, 2.75) is 64.7 Å². The molecule has 3 nitrogen and oxygen atoms in total. The van der Waals surface area contributed by atoms with E-state index in [1.807, 2.05) is 0 Å². The van der Waals surface area contributed by atoms with Gasteiger partial charge in [-0.1, -0.05) is 70.1 Å². The molecule has 0 N–H and O–H groups in total. The molecule has 0 saturated heterocycles. The largest absolute Gasteiger partial charge is 0.423 e. The summed E-state index contributed by atoms with van der Waals surface area (Å²) in [5.74, 6) is -1.07. The van der Waals surface area contributed by atoms with Crippen molar-refractivity contribution in [3.63, 3.8) is 0 Å². The number of esters is 1. The number of carbonyl (C=O) groups excluding carboxylic acids is 2. The zero-order chi connectivity index (χ0) is 21.1. The zero-order valence-electron chi connectivity index (χ0n) is 16.9. The number of unbranched alkanes of at least 4 members (excludes halogenated alkanes) is 7. The molecule has 0 aromatic heterocycles. The fraction of sp³-hybridized carbons (Fsp3) is 0.417. The van der Waals surface area contributed by atoms with Crippen molar-refractivity contribution in [1.29, 1.82) is 0 Å². The maximum atomic E-state index is 14.3. The Labute approximate surface area is 177 Å². The minimum Gasteiger partial charge on any atom is -0.423 e. The molecule has 0 fully saturated rings. The SMILES string of the molecule is CCCCCCCCCCC(=O)Oc1ccc(-c2ccc(C(=O)Cl)cc2)cc1F. The molecule has 0 bridgehead atoms. The smallest absolute Gasteiger partial charge is 0.311 e. The highest BCUT2D eigenvalue weighted by molar-refractivity contribution is 6.67. The molecule has 0 unspecified atom stereocenters. The highest BCUT2D eigenvalue weighted by atomic mass is 35.5. The van der Waals surface area contributed by atoms with Gasteiger partial charge in [0, 0.05) is 12.0 Å². The van der Waals surface area contributed by atoms with Gasteiger partial charge < -0.3 is 4.74 Å². The van der Waals surface area contributed by atoms with Crippen LogP contribution in [0.5, 0.6) is 5.75 Å². The molecular formula is C24H28ClFO3. The van der Waals surface area contributed by atoms with Crippen molar-refractivity contribution in [2.24, 2.45) is 0 Å². The van der Waals surface area contributed by atoms with Crippen LogP contribution in [0.25, 0.3) is 11.1 Å². The van der Waals surface area contributed by atoms with Crippen LogP contribution < -0.4 is 4.74 Å². The van der Waals surface area contributed by atoms with Crippen LogP contribution in [0.4, 0.5) is 4.39 Å². The first-order valence-electron chi connectivity index (χ1n) is 10.3. The molecule has 2 aromatic rings. The fourth-order valence-electron chi connectivity index (χ4n) is 3.13. The van der Waals surface area contributed by atoms with Crippen LogP contribution >= 0.6 is 11.6 Å². The van der Waals surface area contributed by atoms with Crippen molar-refractivity contribution < 1.29 is 18.7 Å². The van der Waals surface area contributed by atoms with Crippen LogP contribution in [-0.2, 0) is 4.79 Å². The molecule has 0 aliphatic carbocycles. The van der Waals surface area contributed by atoms with E-state index in [9.17, 15) is 14.0 Å². The number of hydrogen-bond acceptors (Lipinski definition) is 3. The van der Waals surface area contributed by atoms with Crippen LogP contribution in [0.15, 0.2) is 42.5 Å². The first-order chi connectivity index (χ1) is 14.0. The Morgan fingerprint density at radius 2 is 1.45 bits per heavy atom. The van der Waals surface area contributed by atoms with Crippen molar-refractivity contribution in [1.82, 2.24) is 0 Å². The van der Waals surface area contributed by atoms with Gasteiger partial charge in [-0.2, -0.15) is 0 Å². The molecule has 0 spiro atoms. The van der Waals surface area contributed by atoms with Crippen molar-refractivity contribution >= 4 is 22.8 Å². The van der Waals surface area contributed by atoms with Gasteiger partial charge in [-0.3, -0.25) is 9.59 Å². The van der Waals surface area contributed by atoms with E-state index in [4.69, 9.17) is 16.3 Å². The predicted molar refractivity (Wildman–Crippen MR) is 115 cm³/mol. The quantitative estimate of drug-likeness (QED) is 0.157. The minimum atomic E-state index is -0.593. The Balaban J connectivity index is 1.79. The second kappa shape index (κ2) is 12.4. The first kappa shape index (κ1) is 23.1. The van der Waals surface area contributed by atoms with Gasteiger partial charge in [0.1, 0.15) is 0 Å². The third kappa shape index (κ3) is 7.98. The van der Waals surface area contributed by atoms with Gasteiger partial charge in [0.25, 0.3) is 5.24 Å². The average Bonchev–Trinajstić information content (AvgIpc) is 2.71. The second-order valence-corrected chi connectivity index (χ2v) is 7.54. The molecule has 0 atom stereocenters. The number of hydrogen-bond donors (Lipinski definition) is 0. The summed E-state index contributed by atoms with van der Waals surface area (Å²) >= 11 is 5.43. The summed E-state index contributed by atoms with van der Waals surface area (Å²) in [6.07, 6.45) is 9.42. The van der Waals surface area contributed by atoms with E-state index in [0.717, 1.165) is 24.8 Å². The Hall–Kier alpha value is -2.20. The average molecular weight is 419 g/mol. The van der Waals surface area contributed by atoms with E-state index >= 15 is 0 Å². The summed E-state index contributed by atoms with van der Waals surface area (Å²) in [6, 6.07) is 11.0. The Morgan fingerprint density at radius 3 is 2.03 bits per heavy atom. The number of carbonyl (C=O) groups is 2. The van der Waals surface area contributed by atoms with Crippen LogP contribution in [0.2, 0.25) is 0 Å². The molecular weight excluding hydrogens is 391 g/mol. The molecule has 5 heteroatoms. The number of benzene rings is 2. The van der Waals surface area contributed by atoms with Crippen LogP contribution in [0.3, 0.4) is 0 Å². The molecule has 0 saturated carbocycles. The maximum Gasteiger partial charge on any atom is 0.311 e. The van der Waals surface area contributed by atoms with Crippen molar-refractivity contribution in [2.75, 3.05) is 0 Å². The van der Waals surface area contributed by atoms with Gasteiger partial charge in [-0.25, -0.2) is 4.39 Å². The topological polar surface area (TPSA) is 43.4 Å². The lowest BCUT2D eigenvalue weighted by Gasteiger charge is -2.08. The summed E-state index contributed by atoms with van der Waals surface area (Å²) < 4.78 is 19.5. The van der Waals surface area contributed by atoms with Gasteiger partial charge in [0.15, 0.2) is 11.6 Å². The van der Waals surface area contributed by atoms with E-state index in [0.29, 0.717) is 17.5 Å². The van der Waals surface area contributed by atoms with Crippen molar-refractivity contribution in [3.05, 3.63) is 53.8 Å². The van der Waals surface area contributed by atoms with E-state index in [-0.39, 0.29) is 5.75 Å². The monoisotopic (exact) mass is 418 g/mol. The third-order valence-electron chi connectivity index (χ3n) is 4.84. The van der Waals surface area contributed by atoms with Crippen LogP contribution in [-0.4, -0.2) is 11.2 Å². The van der Waals surface area contributed by atoms with Gasteiger partial charge in [0.2, 0.25) is 0 Å². The maximum absolute atomic E-state index is 14.3. The molecule has 29 heavy (non-hydrogen) atoms. The molecule has 0 aliphatic rings. The van der Waals surface area contributed by atoms with E-state index in [1.54, 1.807) is 30.3 Å². The van der Waals surface area contributed by atoms with E-state index in [2.05, 4.69) is 6.92 Å². The highest BCUT2D eigenvalue weighted by Gasteiger charge is 2.11. The van der Waals surface area contributed by atoms with Gasteiger partial charge in [0.05, 0.1) is 0 Å². The normalized spacial score (nSPS) is 10.7. The zero-order valence-corrected chi connectivity index (χ0v) is 17.6. The molecule has 0 heterocycles. The fourth-order valence-corrected chi connectivity index (χ4v) is 3.26. The Morgan fingerprint density at radius 1 is 0.862 bits per heavy atom. The summed E-state index contributed by atoms with van der Waals surface area (Å²) in [5, 5.41) is -0.540. The summed E-state index contributed by atoms with van der Waals surface area (Å²) in [6.45, 7) is 2.20. The second-order valence-electron chi connectivity index (χ2n) is 7.20. The molecule has 2 rings (SSSR count). The summed E-state index contributed by atoms with van der Waals surface area (Å²) in [7, 11) is 0. The lowest BCUT2D eigenvalue weighted by atomic mass is 10.0. The van der Waals surface area contributed by atoms with E-state index in [1.165, 1.54) is 44.2 Å². The van der Waals surface area contributed by atoms with Gasteiger partial charge in [-0.05, 0) is 53.4 Å². The third-order valence-corrected chi connectivity index (χ3v) is 5.05. The number of halogens is 2. The Kier molecular flexibility index (Phi) is 9.85. The summed E-state index contributed by atoms with van der Waals surface area (Å²) in [5.41, 5.74) is 1.74. The Bertz CT molecular complexity index is 802. The summed E-state index contributed by atoms with van der Waals surface area (Å²) in [4.78, 5) is 23.1. The van der Waals surface area contributed by atoms with Crippen LogP contribution in [0, 0.1) is 5.82 Å². The van der Waals surface area contributed by atoms with Gasteiger partial charge >= 0.3 is 5.97 Å². The lowest BCUT2D eigenvalue weighted by molar-refractivity contribution is -0.134. The van der Waals surface area contributed by atoms with Crippen molar-refractivity contribution in [3.8, 4) is 16.9 Å². The molecule has 0 amide bonds. The molecule has 0 aliphatic heterocycles. The van der Waals surface area contributed by atoms with Crippen LogP contribution in [0.1, 0.15) is 75.1 Å². The predicted octanol–water partition coefficient (Wildman–Crippen LogP) is 7.31. The lowest BCUT2D eigenvalue weighted by Crippen LogP contribution is -2.08. The number of rotatable bonds is 12. The highest BCUT2D eigenvalue weighted by Crippen LogP contribution is 2.26. The van der Waals surface area contributed by atoms with E-state index < -0.39 is 17.0 Å². The standard InChI is InChI=1S/C24H28ClFO3/c1-2-3-4-5-6-7-8-9-10-23(27)29-22-16-15-20(17-21(22)26)18-11-13-19(14-12-18)24(25)28/h11-17H,2-10H2,1H3. The first-order valence-corrected chi connectivity index (χ1v) is 10.7. The molecule has 156 valence electrons. The molecule has 2 aromatic carbocycles. The number of ether oxygens (including phenoxy) is 1.